The zero-order valence-corrected chi connectivity index (χ0v) is 15.4. The highest BCUT2D eigenvalue weighted by Gasteiger charge is 2.24. The van der Waals surface area contributed by atoms with Crippen LogP contribution in [-0.4, -0.2) is 30.1 Å². The van der Waals surface area contributed by atoms with Gasteiger partial charge in [0.1, 0.15) is 0 Å². The van der Waals surface area contributed by atoms with Gasteiger partial charge in [-0.25, -0.2) is 4.79 Å². The van der Waals surface area contributed by atoms with E-state index in [9.17, 15) is 14.4 Å². The van der Waals surface area contributed by atoms with Crippen LogP contribution in [0.15, 0.2) is 41.3 Å². The Kier molecular flexibility index (Phi) is 4.99. The van der Waals surface area contributed by atoms with Crippen LogP contribution in [0.2, 0.25) is 0 Å². The number of amides is 2. The minimum atomic E-state index is -0.469. The van der Waals surface area contributed by atoms with Crippen molar-refractivity contribution in [3.8, 4) is 0 Å². The minimum Gasteiger partial charge on any atom is -0.465 e. The molecule has 1 unspecified atom stereocenters. The Bertz CT molecular complexity index is 910. The fourth-order valence-electron chi connectivity index (χ4n) is 2.55. The van der Waals surface area contributed by atoms with Gasteiger partial charge in [-0.2, -0.15) is 0 Å². The third-order valence-corrected chi connectivity index (χ3v) is 5.26. The van der Waals surface area contributed by atoms with Crippen LogP contribution in [0.5, 0.6) is 0 Å². The van der Waals surface area contributed by atoms with Crippen molar-refractivity contribution < 1.29 is 19.1 Å². The first-order valence-electron chi connectivity index (χ1n) is 8.01. The summed E-state index contributed by atoms with van der Waals surface area (Å²) in [5, 5.41) is 5.46. The number of nitrogens with one attached hydrogen (secondary N) is 2. The summed E-state index contributed by atoms with van der Waals surface area (Å²) in [6.45, 7) is 3.67. The average Bonchev–Trinajstić information content (AvgIpc) is 2.63. The van der Waals surface area contributed by atoms with Crippen molar-refractivity contribution in [1.29, 1.82) is 0 Å². The Morgan fingerprint density at radius 3 is 2.62 bits per heavy atom. The lowest BCUT2D eigenvalue weighted by molar-refractivity contribution is -0.115. The maximum absolute atomic E-state index is 12.6. The van der Waals surface area contributed by atoms with Crippen LogP contribution < -0.4 is 10.6 Å². The Labute approximate surface area is 155 Å². The highest BCUT2D eigenvalue weighted by atomic mass is 32.2. The van der Waals surface area contributed by atoms with Gasteiger partial charge in [0.2, 0.25) is 5.91 Å². The predicted molar refractivity (Wildman–Crippen MR) is 101 cm³/mol. The van der Waals surface area contributed by atoms with Crippen molar-refractivity contribution in [3.05, 3.63) is 53.1 Å². The number of ether oxygens (including phenoxy) is 1. The summed E-state index contributed by atoms with van der Waals surface area (Å²) >= 11 is 1.46. The second-order valence-corrected chi connectivity index (χ2v) is 7.32. The van der Waals surface area contributed by atoms with E-state index in [0.717, 1.165) is 10.5 Å². The van der Waals surface area contributed by atoms with Crippen LogP contribution >= 0.6 is 11.8 Å². The van der Waals surface area contributed by atoms with Crippen molar-refractivity contribution in [3.63, 3.8) is 0 Å². The molecule has 3 rings (SSSR count). The van der Waals surface area contributed by atoms with Gasteiger partial charge in [-0.05, 0) is 49.7 Å². The Hall–Kier alpha value is -2.80. The summed E-state index contributed by atoms with van der Waals surface area (Å²) in [4.78, 5) is 37.0. The molecule has 2 aromatic carbocycles. The van der Waals surface area contributed by atoms with Crippen molar-refractivity contribution in [1.82, 2.24) is 0 Å². The third-order valence-electron chi connectivity index (χ3n) is 4.08. The number of thioether (sulfide) groups is 1. The summed E-state index contributed by atoms with van der Waals surface area (Å²) in [6, 6.07) is 10.2. The fraction of sp³-hybridized carbons (Fsp3) is 0.211. The van der Waals surface area contributed by atoms with Crippen LogP contribution in [0.25, 0.3) is 0 Å². The lowest BCUT2D eigenvalue weighted by Crippen LogP contribution is -2.26. The van der Waals surface area contributed by atoms with E-state index in [1.165, 1.54) is 18.9 Å². The zero-order chi connectivity index (χ0) is 18.8. The lowest BCUT2D eigenvalue weighted by atomic mass is 10.1. The number of rotatable bonds is 3. The summed E-state index contributed by atoms with van der Waals surface area (Å²) in [5.74, 6) is -0.874. The van der Waals surface area contributed by atoms with Gasteiger partial charge in [0, 0.05) is 16.1 Å². The largest absolute Gasteiger partial charge is 0.465 e. The van der Waals surface area contributed by atoms with Crippen LogP contribution in [0.3, 0.4) is 0 Å². The number of fused-ring (bicyclic) bond motifs is 1. The highest BCUT2D eigenvalue weighted by Crippen LogP contribution is 2.36. The molecule has 26 heavy (non-hydrogen) atoms. The second kappa shape index (κ2) is 7.21. The van der Waals surface area contributed by atoms with E-state index in [1.54, 1.807) is 30.3 Å². The minimum absolute atomic E-state index is 0.0818. The Morgan fingerprint density at radius 1 is 1.15 bits per heavy atom. The Balaban J connectivity index is 1.84. The first-order chi connectivity index (χ1) is 12.4. The number of aryl methyl sites for hydroxylation is 1. The van der Waals surface area contributed by atoms with E-state index in [0.29, 0.717) is 22.5 Å². The van der Waals surface area contributed by atoms with Crippen molar-refractivity contribution in [2.75, 3.05) is 17.7 Å². The first kappa shape index (κ1) is 18.0. The van der Waals surface area contributed by atoms with Gasteiger partial charge < -0.3 is 15.4 Å². The molecule has 0 spiro atoms. The number of esters is 1. The maximum Gasteiger partial charge on any atom is 0.337 e. The van der Waals surface area contributed by atoms with Crippen molar-refractivity contribution in [2.24, 2.45) is 0 Å². The van der Waals surface area contributed by atoms with Crippen LogP contribution in [-0.2, 0) is 9.53 Å². The molecular formula is C19H18N2O4S. The molecular weight excluding hydrogens is 352 g/mol. The molecule has 0 radical (unpaired) electrons. The molecule has 2 aromatic rings. The van der Waals surface area contributed by atoms with Gasteiger partial charge in [-0.15, -0.1) is 11.8 Å². The molecule has 2 amide bonds. The van der Waals surface area contributed by atoms with Crippen LogP contribution in [0.4, 0.5) is 11.4 Å². The van der Waals surface area contributed by atoms with Crippen LogP contribution in [0, 0.1) is 6.92 Å². The molecule has 1 atom stereocenters. The highest BCUT2D eigenvalue weighted by molar-refractivity contribution is 8.00. The number of benzene rings is 2. The molecule has 2 N–H and O–H groups in total. The summed E-state index contributed by atoms with van der Waals surface area (Å²) in [7, 11) is 1.31. The van der Waals surface area contributed by atoms with E-state index in [4.69, 9.17) is 4.74 Å². The number of anilines is 2. The molecule has 0 bridgehead atoms. The van der Waals surface area contributed by atoms with Gasteiger partial charge >= 0.3 is 5.97 Å². The zero-order valence-electron chi connectivity index (χ0n) is 14.6. The van der Waals surface area contributed by atoms with Gasteiger partial charge in [-0.3, -0.25) is 9.59 Å². The van der Waals surface area contributed by atoms with E-state index in [1.807, 2.05) is 19.9 Å². The van der Waals surface area contributed by atoms with E-state index < -0.39 is 5.97 Å². The molecule has 0 saturated carbocycles. The molecule has 7 heteroatoms. The molecule has 6 nitrogen and oxygen atoms in total. The van der Waals surface area contributed by atoms with E-state index in [2.05, 4.69) is 10.6 Å². The average molecular weight is 370 g/mol. The molecule has 1 heterocycles. The van der Waals surface area contributed by atoms with Gasteiger partial charge in [0.05, 0.1) is 23.6 Å². The molecule has 0 aromatic heterocycles. The smallest absolute Gasteiger partial charge is 0.337 e. The van der Waals surface area contributed by atoms with E-state index in [-0.39, 0.29) is 17.1 Å². The van der Waals surface area contributed by atoms with Gasteiger partial charge in [-0.1, -0.05) is 6.07 Å². The quantitative estimate of drug-likeness (QED) is 0.808. The lowest BCUT2D eigenvalue weighted by Gasteiger charge is -2.21. The van der Waals surface area contributed by atoms with Crippen molar-refractivity contribution >= 4 is 40.9 Å². The number of carbonyl (C=O) groups excluding carboxylic acids is 3. The third kappa shape index (κ3) is 3.57. The molecule has 1 aliphatic heterocycles. The predicted octanol–water partition coefficient (Wildman–Crippen LogP) is 3.47. The number of hydrogen-bond acceptors (Lipinski definition) is 5. The fourth-order valence-corrected chi connectivity index (χ4v) is 3.48. The van der Waals surface area contributed by atoms with Gasteiger partial charge in [0.25, 0.3) is 5.91 Å². The normalized spacial score (nSPS) is 15.7. The maximum atomic E-state index is 12.6. The first-order valence-corrected chi connectivity index (χ1v) is 8.89. The topological polar surface area (TPSA) is 84.5 Å². The number of hydrogen-bond donors (Lipinski definition) is 2. The van der Waals surface area contributed by atoms with Crippen molar-refractivity contribution in [2.45, 2.75) is 24.0 Å². The number of methoxy groups -OCH3 is 1. The molecule has 1 aliphatic rings. The molecule has 134 valence electrons. The standard InChI is InChI=1S/C19H18N2O4S/c1-10-4-5-13(19(24)25-3)9-14(10)20-18(23)12-6-7-16-15(8-12)21-17(22)11(2)26-16/h4-9,11H,1-3H3,(H,20,23)(H,21,22). The summed E-state index contributed by atoms with van der Waals surface area (Å²) in [6.07, 6.45) is 0. The monoisotopic (exact) mass is 370 g/mol. The molecule has 0 aliphatic carbocycles. The Morgan fingerprint density at radius 2 is 1.88 bits per heavy atom. The SMILES string of the molecule is COC(=O)c1ccc(C)c(NC(=O)c2ccc3c(c2)NC(=O)C(C)S3)c1. The number of carbonyl (C=O) groups is 3. The summed E-state index contributed by atoms with van der Waals surface area (Å²) < 4.78 is 4.71. The van der Waals surface area contributed by atoms with Gasteiger partial charge in [0.15, 0.2) is 0 Å². The summed E-state index contributed by atoms with van der Waals surface area (Å²) in [5.41, 5.74) is 2.76. The van der Waals surface area contributed by atoms with E-state index >= 15 is 0 Å². The molecule has 0 fully saturated rings. The van der Waals surface area contributed by atoms with Crippen LogP contribution in [0.1, 0.15) is 33.2 Å². The molecule has 0 saturated heterocycles. The second-order valence-electron chi connectivity index (χ2n) is 5.94.